The van der Waals surface area contributed by atoms with Crippen molar-refractivity contribution in [3.05, 3.63) is 58.2 Å². The van der Waals surface area contributed by atoms with Crippen LogP contribution in [0.3, 0.4) is 0 Å². The summed E-state index contributed by atoms with van der Waals surface area (Å²) in [6, 6.07) is 9.29. The van der Waals surface area contributed by atoms with E-state index < -0.39 is 0 Å². The van der Waals surface area contributed by atoms with Crippen LogP contribution in [-0.2, 0) is 14.9 Å². The summed E-state index contributed by atoms with van der Waals surface area (Å²) in [5, 5.41) is 11.0. The van der Waals surface area contributed by atoms with Gasteiger partial charge in [-0.05, 0) is 105 Å². The van der Waals surface area contributed by atoms with E-state index in [0.717, 1.165) is 51.7 Å². The number of benzene rings is 1. The average molecular weight is 501 g/mol. The number of fused-ring (bicyclic) bond motifs is 4. The van der Waals surface area contributed by atoms with Crippen LogP contribution in [0, 0.1) is 35.0 Å². The van der Waals surface area contributed by atoms with Crippen molar-refractivity contribution < 1.29 is 14.6 Å². The summed E-state index contributed by atoms with van der Waals surface area (Å²) in [4.78, 5) is 12.1. The Morgan fingerprint density at radius 1 is 1.03 bits per heavy atom. The van der Waals surface area contributed by atoms with Crippen molar-refractivity contribution in [2.24, 2.45) is 22.7 Å². The van der Waals surface area contributed by atoms with Gasteiger partial charge in [0.05, 0.1) is 19.3 Å². The first-order valence-corrected chi connectivity index (χ1v) is 14.3. The lowest BCUT2D eigenvalue weighted by atomic mass is 9.53. The molecule has 1 saturated heterocycles. The monoisotopic (exact) mass is 500 g/mol. The van der Waals surface area contributed by atoms with Crippen LogP contribution in [0.25, 0.3) is 0 Å². The maximum absolute atomic E-state index is 12.1. The maximum atomic E-state index is 12.1. The Hall–Kier alpha value is -2.15. The van der Waals surface area contributed by atoms with Crippen LogP contribution in [0.5, 0.6) is 0 Å². The third-order valence-corrected chi connectivity index (χ3v) is 9.97. The average Bonchev–Trinajstić information content (AvgIpc) is 3.15. The highest BCUT2D eigenvalue weighted by Crippen LogP contribution is 2.63. The molecule has 3 fully saturated rings. The molecule has 1 aliphatic heterocycles. The number of ketones is 1. The van der Waals surface area contributed by atoms with E-state index in [1.165, 1.54) is 22.3 Å². The molecule has 0 amide bonds. The highest BCUT2D eigenvalue weighted by molar-refractivity contribution is 5.93. The maximum Gasteiger partial charge on any atom is 0.156 e. The number of ether oxygens (including phenoxy) is 1. The van der Waals surface area contributed by atoms with E-state index in [9.17, 15) is 9.90 Å². The van der Waals surface area contributed by atoms with Gasteiger partial charge in [-0.15, -0.1) is 12.3 Å². The molecule has 5 aliphatic rings. The second-order valence-electron chi connectivity index (χ2n) is 13.7. The van der Waals surface area contributed by atoms with E-state index in [0.29, 0.717) is 30.0 Å². The van der Waals surface area contributed by atoms with Gasteiger partial charge < -0.3 is 9.84 Å². The third-order valence-electron chi connectivity index (χ3n) is 9.97. The molecule has 0 aromatic heterocycles. The van der Waals surface area contributed by atoms with Crippen LogP contribution in [-0.4, -0.2) is 30.2 Å². The number of carbonyl (C=O) groups excluding carboxylic acids is 1. The quantitative estimate of drug-likeness (QED) is 0.449. The van der Waals surface area contributed by atoms with Gasteiger partial charge in [-0.1, -0.05) is 43.7 Å². The van der Waals surface area contributed by atoms with Gasteiger partial charge in [0, 0.05) is 23.2 Å². The molecule has 0 radical (unpaired) electrons. The van der Waals surface area contributed by atoms with Crippen LogP contribution in [0.4, 0.5) is 0 Å². The minimum Gasteiger partial charge on any atom is -0.393 e. The smallest absolute Gasteiger partial charge is 0.156 e. The Kier molecular flexibility index (Phi) is 6.83. The zero-order chi connectivity index (χ0) is 26.6. The fourth-order valence-electron chi connectivity index (χ4n) is 7.62. The first-order valence-electron chi connectivity index (χ1n) is 14.3. The summed E-state index contributed by atoms with van der Waals surface area (Å²) in [6.45, 7) is 12.3. The van der Waals surface area contributed by atoms with Gasteiger partial charge in [-0.3, -0.25) is 4.79 Å². The van der Waals surface area contributed by atoms with Crippen molar-refractivity contribution in [2.45, 2.75) is 97.0 Å². The molecule has 0 spiro atoms. The van der Waals surface area contributed by atoms with Crippen molar-refractivity contribution in [1.29, 1.82) is 0 Å². The van der Waals surface area contributed by atoms with Crippen molar-refractivity contribution in [1.82, 2.24) is 0 Å². The zero-order valence-corrected chi connectivity index (χ0v) is 23.4. The van der Waals surface area contributed by atoms with Crippen LogP contribution < -0.4 is 0 Å². The molecule has 1 heterocycles. The second kappa shape index (κ2) is 9.55. The first-order chi connectivity index (χ1) is 17.4. The second-order valence-corrected chi connectivity index (χ2v) is 13.7. The number of carbonyl (C=O) groups is 1. The van der Waals surface area contributed by atoms with Gasteiger partial charge in [-0.2, -0.15) is 0 Å². The van der Waals surface area contributed by atoms with Crippen molar-refractivity contribution in [3.63, 3.8) is 0 Å². The Bertz CT molecular complexity index is 1150. The van der Waals surface area contributed by atoms with Gasteiger partial charge >= 0.3 is 0 Å². The van der Waals surface area contributed by atoms with Gasteiger partial charge in [0.25, 0.3) is 0 Å². The van der Waals surface area contributed by atoms with Crippen LogP contribution in [0.1, 0.15) is 96.6 Å². The van der Waals surface area contributed by atoms with E-state index in [2.05, 4.69) is 44.0 Å². The van der Waals surface area contributed by atoms with Crippen LogP contribution in [0.15, 0.2) is 47.1 Å². The van der Waals surface area contributed by atoms with E-state index in [-0.39, 0.29) is 22.3 Å². The molecule has 6 rings (SSSR count). The summed E-state index contributed by atoms with van der Waals surface area (Å²) in [7, 11) is 0. The first kappa shape index (κ1) is 26.5. The molecule has 1 aromatic carbocycles. The van der Waals surface area contributed by atoms with E-state index >= 15 is 0 Å². The normalized spacial score (nSPS) is 34.1. The lowest BCUT2D eigenvalue weighted by Gasteiger charge is -2.52. The van der Waals surface area contributed by atoms with Crippen LogP contribution in [0.2, 0.25) is 0 Å². The standard InChI is InChI=1S/C28H34O3.C6H10/c1-27(15-31-16-27)19-6-3-17(4-7-19)23-14-28(2)24(11-12-25(28)30)22-9-5-18-13-20(29)8-10-21(18)26(22)23;1-5-6(2,3)4/h3-4,6-7,13,22-25,30H,5,8-12,14-16H2,1-2H3;1H,2-4H3. The fraction of sp³-hybridized carbons (Fsp3) is 0.618. The molecule has 5 unspecified atom stereocenters. The minimum absolute atomic E-state index is 0.00242. The molecule has 4 aliphatic carbocycles. The third kappa shape index (κ3) is 4.77. The fourth-order valence-corrected chi connectivity index (χ4v) is 7.62. The lowest BCUT2D eigenvalue weighted by Crippen LogP contribution is -2.45. The summed E-state index contributed by atoms with van der Waals surface area (Å²) in [5.41, 5.74) is 7.39. The molecule has 3 nitrogen and oxygen atoms in total. The topological polar surface area (TPSA) is 46.5 Å². The van der Waals surface area contributed by atoms with Crippen molar-refractivity contribution in [2.75, 3.05) is 13.2 Å². The van der Waals surface area contributed by atoms with E-state index in [4.69, 9.17) is 11.2 Å². The predicted molar refractivity (Wildman–Crippen MR) is 149 cm³/mol. The SMILES string of the molecule is C#CC(C)(C)C.CC1(c2ccc(C3CC4(C)C(O)CCC4C4CCC5=CC(=O)CCC5=C34)cc2)COC1. The van der Waals surface area contributed by atoms with Crippen LogP contribution >= 0.6 is 0 Å². The largest absolute Gasteiger partial charge is 0.393 e. The van der Waals surface area contributed by atoms with Gasteiger partial charge in [0.15, 0.2) is 5.78 Å². The molecule has 37 heavy (non-hydrogen) atoms. The summed E-state index contributed by atoms with van der Waals surface area (Å²) in [6.07, 6.45) is 13.6. The molecular weight excluding hydrogens is 456 g/mol. The minimum atomic E-state index is -0.193. The summed E-state index contributed by atoms with van der Waals surface area (Å²) < 4.78 is 5.48. The van der Waals surface area contributed by atoms with Crippen molar-refractivity contribution >= 4 is 5.78 Å². The molecule has 5 atom stereocenters. The molecule has 0 bridgehead atoms. The van der Waals surface area contributed by atoms with Gasteiger partial charge in [0.1, 0.15) is 0 Å². The highest BCUT2D eigenvalue weighted by Gasteiger charge is 2.56. The number of rotatable bonds is 2. The van der Waals surface area contributed by atoms with Gasteiger partial charge in [0.2, 0.25) is 0 Å². The Balaban J connectivity index is 0.000000421. The number of allylic oxidation sites excluding steroid dienone is 4. The molecule has 3 heteroatoms. The summed E-state index contributed by atoms with van der Waals surface area (Å²) in [5.74, 6) is 4.38. The highest BCUT2D eigenvalue weighted by atomic mass is 16.5. The molecule has 1 aromatic rings. The van der Waals surface area contributed by atoms with Crippen molar-refractivity contribution in [3.8, 4) is 12.3 Å². The van der Waals surface area contributed by atoms with E-state index in [1.807, 2.05) is 26.8 Å². The predicted octanol–water partition coefficient (Wildman–Crippen LogP) is 6.90. The lowest BCUT2D eigenvalue weighted by molar-refractivity contribution is -0.114. The number of aliphatic hydroxyl groups is 1. The Labute approximate surface area is 223 Å². The Morgan fingerprint density at radius 2 is 1.70 bits per heavy atom. The van der Waals surface area contributed by atoms with Gasteiger partial charge in [-0.25, -0.2) is 0 Å². The molecule has 198 valence electrons. The zero-order valence-electron chi connectivity index (χ0n) is 23.4. The number of aliphatic hydroxyl groups excluding tert-OH is 1. The molecule has 1 N–H and O–H groups in total. The molecule has 2 saturated carbocycles. The molecular formula is C34H44O3. The Morgan fingerprint density at radius 3 is 2.30 bits per heavy atom. The summed E-state index contributed by atoms with van der Waals surface area (Å²) >= 11 is 0. The number of hydrogen-bond acceptors (Lipinski definition) is 3. The number of hydrogen-bond donors (Lipinski definition) is 1. The number of terminal acetylenes is 1. The van der Waals surface area contributed by atoms with E-state index in [1.54, 1.807) is 5.57 Å².